The molecule has 3 aliphatic rings. The van der Waals surface area contributed by atoms with E-state index < -0.39 is 11.5 Å². The molecule has 0 bridgehead atoms. The van der Waals surface area contributed by atoms with Crippen LogP contribution in [0.4, 0.5) is 0 Å². The maximum atomic E-state index is 13.8. The average Bonchev–Trinajstić information content (AvgIpc) is 3.19. The lowest BCUT2D eigenvalue weighted by Crippen LogP contribution is -2.55. The Bertz CT molecular complexity index is 1090. The molecule has 6 heteroatoms. The summed E-state index contributed by atoms with van der Waals surface area (Å²) in [6.45, 7) is 8.12. The second-order valence-corrected chi connectivity index (χ2v) is 8.23. The number of hydrogen-bond donors (Lipinski definition) is 0. The summed E-state index contributed by atoms with van der Waals surface area (Å²) in [5.41, 5.74) is 2.28. The van der Waals surface area contributed by atoms with Gasteiger partial charge in [0.2, 0.25) is 0 Å². The number of fused-ring (bicyclic) bond motifs is 6. The molecule has 0 aliphatic carbocycles. The van der Waals surface area contributed by atoms with Gasteiger partial charge in [0.15, 0.2) is 17.3 Å². The molecule has 0 saturated carbocycles. The topological polar surface area (TPSA) is 63.2 Å². The van der Waals surface area contributed by atoms with Crippen molar-refractivity contribution in [3.63, 3.8) is 0 Å². The third-order valence-corrected chi connectivity index (χ3v) is 6.48. The first-order valence-electron chi connectivity index (χ1n) is 9.97. The van der Waals surface area contributed by atoms with Crippen molar-refractivity contribution in [2.75, 3.05) is 20.8 Å². The number of methoxy groups -OCH3 is 2. The Morgan fingerprint density at radius 2 is 1.87 bits per heavy atom. The molecule has 156 valence electrons. The van der Waals surface area contributed by atoms with Crippen molar-refractivity contribution in [3.8, 4) is 28.7 Å². The van der Waals surface area contributed by atoms with Crippen LogP contribution in [-0.2, 0) is 11.8 Å². The molecule has 0 N–H and O–H groups in total. The molecule has 2 aromatic rings. The number of Topliss-reactive ketones (excluding diaryl/α,β-unsaturated/α-hetero) is 1. The van der Waals surface area contributed by atoms with Gasteiger partial charge in [-0.15, -0.1) is 0 Å². The van der Waals surface area contributed by atoms with Gasteiger partial charge in [-0.05, 0) is 37.6 Å². The molecule has 3 atom stereocenters. The fraction of sp³-hybridized carbons (Fsp3) is 0.375. The lowest BCUT2D eigenvalue weighted by atomic mass is 9.68. The van der Waals surface area contributed by atoms with E-state index in [2.05, 4.69) is 6.58 Å². The van der Waals surface area contributed by atoms with Gasteiger partial charge in [0.05, 0.1) is 25.2 Å². The molecular formula is C24H24O6. The van der Waals surface area contributed by atoms with Gasteiger partial charge >= 0.3 is 0 Å². The first kappa shape index (κ1) is 18.9. The lowest BCUT2D eigenvalue weighted by molar-refractivity contribution is 0.0268. The van der Waals surface area contributed by atoms with E-state index >= 15 is 0 Å². The van der Waals surface area contributed by atoms with Crippen LogP contribution in [-0.4, -0.2) is 38.8 Å². The summed E-state index contributed by atoms with van der Waals surface area (Å²) in [7, 11) is 3.15. The summed E-state index contributed by atoms with van der Waals surface area (Å²) in [5, 5.41) is 0. The van der Waals surface area contributed by atoms with E-state index in [4.69, 9.17) is 23.7 Å². The quantitative estimate of drug-likeness (QED) is 0.719. The van der Waals surface area contributed by atoms with Crippen molar-refractivity contribution >= 4 is 5.78 Å². The zero-order valence-electron chi connectivity index (χ0n) is 17.5. The molecule has 3 aliphatic heterocycles. The highest BCUT2D eigenvalue weighted by molar-refractivity contribution is 6.08. The molecule has 0 fully saturated rings. The number of hydrogen-bond acceptors (Lipinski definition) is 6. The minimum atomic E-state index is -0.901. The summed E-state index contributed by atoms with van der Waals surface area (Å²) in [6.07, 6.45) is 0.0876. The first-order valence-corrected chi connectivity index (χ1v) is 9.97. The van der Waals surface area contributed by atoms with E-state index in [1.165, 1.54) is 0 Å². The van der Waals surface area contributed by atoms with E-state index in [1.807, 2.05) is 26.0 Å². The van der Waals surface area contributed by atoms with Crippen LogP contribution in [0.5, 0.6) is 28.7 Å². The fourth-order valence-electron chi connectivity index (χ4n) is 4.62. The SMILES string of the molecule is C=C(C)[C@H]1Cc2c(ccc3c2O[C@@H]2COc4cc(OC)c(OC)cc4[C@@]2(C)C3=O)O1. The lowest BCUT2D eigenvalue weighted by Gasteiger charge is -2.44. The fourth-order valence-corrected chi connectivity index (χ4v) is 4.62. The van der Waals surface area contributed by atoms with Crippen molar-refractivity contribution in [2.45, 2.75) is 37.9 Å². The van der Waals surface area contributed by atoms with Gasteiger partial charge in [-0.3, -0.25) is 4.79 Å². The summed E-state index contributed by atoms with van der Waals surface area (Å²) in [5.74, 6) is 3.08. The van der Waals surface area contributed by atoms with Crippen molar-refractivity contribution in [1.82, 2.24) is 0 Å². The van der Waals surface area contributed by atoms with Crippen molar-refractivity contribution in [1.29, 1.82) is 0 Å². The molecule has 2 aromatic carbocycles. The summed E-state index contributed by atoms with van der Waals surface area (Å²) < 4.78 is 29.3. The van der Waals surface area contributed by atoms with Crippen molar-refractivity contribution in [3.05, 3.63) is 53.1 Å². The van der Waals surface area contributed by atoms with Crippen LogP contribution < -0.4 is 23.7 Å². The number of ketones is 1. The van der Waals surface area contributed by atoms with Crippen LogP contribution in [0.1, 0.15) is 35.3 Å². The Morgan fingerprint density at radius 3 is 2.57 bits per heavy atom. The highest BCUT2D eigenvalue weighted by atomic mass is 16.5. The Labute approximate surface area is 175 Å². The molecule has 0 aromatic heterocycles. The zero-order valence-corrected chi connectivity index (χ0v) is 17.5. The highest BCUT2D eigenvalue weighted by Gasteiger charge is 2.54. The van der Waals surface area contributed by atoms with Crippen LogP contribution in [0, 0.1) is 0 Å². The Hall–Kier alpha value is -3.15. The number of ether oxygens (including phenoxy) is 5. The average molecular weight is 408 g/mol. The molecule has 0 unspecified atom stereocenters. The molecule has 0 spiro atoms. The molecule has 3 heterocycles. The second kappa shape index (κ2) is 6.42. The molecule has 0 amide bonds. The normalized spacial score (nSPS) is 25.5. The maximum absolute atomic E-state index is 13.8. The Kier molecular flexibility index (Phi) is 4.04. The molecule has 30 heavy (non-hydrogen) atoms. The van der Waals surface area contributed by atoms with E-state index in [1.54, 1.807) is 26.4 Å². The van der Waals surface area contributed by atoms with Crippen molar-refractivity contribution < 1.29 is 28.5 Å². The summed E-state index contributed by atoms with van der Waals surface area (Å²) in [6, 6.07) is 7.25. The molecule has 0 radical (unpaired) electrons. The van der Waals surface area contributed by atoms with E-state index in [-0.39, 0.29) is 18.5 Å². The summed E-state index contributed by atoms with van der Waals surface area (Å²) in [4.78, 5) is 13.8. The third kappa shape index (κ3) is 2.39. The van der Waals surface area contributed by atoms with Crippen LogP contribution in [0.25, 0.3) is 0 Å². The minimum absolute atomic E-state index is 0.00657. The second-order valence-electron chi connectivity index (χ2n) is 8.23. The molecule has 5 rings (SSSR count). The number of rotatable bonds is 3. The summed E-state index contributed by atoms with van der Waals surface area (Å²) >= 11 is 0. The van der Waals surface area contributed by atoms with Gasteiger partial charge < -0.3 is 23.7 Å². The van der Waals surface area contributed by atoms with E-state index in [9.17, 15) is 4.79 Å². The van der Waals surface area contributed by atoms with E-state index in [0.29, 0.717) is 35.0 Å². The van der Waals surface area contributed by atoms with Crippen LogP contribution >= 0.6 is 0 Å². The molecule has 6 nitrogen and oxygen atoms in total. The maximum Gasteiger partial charge on any atom is 0.180 e. The standard InChI is InChI=1S/C24H24O6/c1-12(2)17-8-14-16(29-17)7-6-13-22(14)30-21-11-28-18-10-20(27-5)19(26-4)9-15(18)24(21,3)23(13)25/h6-7,9-10,17,21H,1,8,11H2,2-5H3/t17-,21-,24-/m1/s1. The Balaban J connectivity index is 1.63. The van der Waals surface area contributed by atoms with Gasteiger partial charge in [-0.25, -0.2) is 0 Å². The van der Waals surface area contributed by atoms with Gasteiger partial charge in [0, 0.05) is 23.6 Å². The predicted molar refractivity (Wildman–Crippen MR) is 111 cm³/mol. The van der Waals surface area contributed by atoms with Gasteiger partial charge in [-0.2, -0.15) is 0 Å². The number of benzene rings is 2. The number of carbonyl (C=O) groups is 1. The minimum Gasteiger partial charge on any atom is -0.493 e. The Morgan fingerprint density at radius 1 is 1.13 bits per heavy atom. The predicted octanol–water partition coefficient (Wildman–Crippen LogP) is 3.88. The molecular weight excluding hydrogens is 384 g/mol. The number of carbonyl (C=O) groups excluding carboxylic acids is 1. The largest absolute Gasteiger partial charge is 0.493 e. The third-order valence-electron chi connectivity index (χ3n) is 6.48. The van der Waals surface area contributed by atoms with Gasteiger partial charge in [0.1, 0.15) is 36.1 Å². The zero-order chi connectivity index (χ0) is 21.2. The first-order chi connectivity index (χ1) is 14.4. The van der Waals surface area contributed by atoms with Gasteiger partial charge in [0.25, 0.3) is 0 Å². The van der Waals surface area contributed by atoms with Crippen molar-refractivity contribution in [2.24, 2.45) is 0 Å². The van der Waals surface area contributed by atoms with Gasteiger partial charge in [-0.1, -0.05) is 6.58 Å². The highest BCUT2D eigenvalue weighted by Crippen LogP contribution is 2.52. The monoisotopic (exact) mass is 408 g/mol. The van der Waals surface area contributed by atoms with Crippen LogP contribution in [0.3, 0.4) is 0 Å². The smallest absolute Gasteiger partial charge is 0.180 e. The van der Waals surface area contributed by atoms with Crippen LogP contribution in [0.2, 0.25) is 0 Å². The van der Waals surface area contributed by atoms with E-state index in [0.717, 1.165) is 22.4 Å². The van der Waals surface area contributed by atoms with Crippen LogP contribution in [0.15, 0.2) is 36.4 Å². The molecule has 0 saturated heterocycles.